The third kappa shape index (κ3) is 6.56. The summed E-state index contributed by atoms with van der Waals surface area (Å²) in [7, 11) is -3.88. The first-order chi connectivity index (χ1) is 15.4. The van der Waals surface area contributed by atoms with Crippen LogP contribution in [0.1, 0.15) is 39.0 Å². The molecular formula is C24H32BrN3O3S. The number of amides is 1. The molecule has 1 heterocycles. The minimum absolute atomic E-state index is 0.156. The van der Waals surface area contributed by atoms with E-state index in [0.717, 1.165) is 30.4 Å². The van der Waals surface area contributed by atoms with E-state index in [4.69, 9.17) is 0 Å². The van der Waals surface area contributed by atoms with Gasteiger partial charge in [0.2, 0.25) is 5.91 Å². The van der Waals surface area contributed by atoms with Crippen LogP contribution < -0.4 is 9.62 Å². The van der Waals surface area contributed by atoms with Crippen LogP contribution in [-0.2, 0) is 14.8 Å². The number of hydrogen-bond donors (Lipinski definition) is 1. The molecule has 1 aliphatic heterocycles. The normalized spacial score (nSPS) is 17.1. The Labute approximate surface area is 200 Å². The largest absolute Gasteiger partial charge is 0.354 e. The zero-order valence-corrected chi connectivity index (χ0v) is 20.9. The van der Waals surface area contributed by atoms with Crippen molar-refractivity contribution in [3.05, 3.63) is 59.1 Å². The van der Waals surface area contributed by atoms with Crippen molar-refractivity contribution in [1.82, 2.24) is 10.2 Å². The van der Waals surface area contributed by atoms with Gasteiger partial charge in [-0.15, -0.1) is 0 Å². The first kappa shape index (κ1) is 24.7. The van der Waals surface area contributed by atoms with Crippen molar-refractivity contribution in [3.8, 4) is 0 Å². The van der Waals surface area contributed by atoms with Crippen molar-refractivity contribution in [3.63, 3.8) is 0 Å². The summed E-state index contributed by atoms with van der Waals surface area (Å²) in [5.41, 5.74) is 0.442. The molecule has 0 radical (unpaired) electrons. The molecule has 1 aliphatic rings. The molecule has 0 saturated carbocycles. The number of sulfonamides is 1. The van der Waals surface area contributed by atoms with Gasteiger partial charge in [-0.2, -0.15) is 0 Å². The van der Waals surface area contributed by atoms with Crippen molar-refractivity contribution in [1.29, 1.82) is 0 Å². The van der Waals surface area contributed by atoms with E-state index in [1.165, 1.54) is 23.6 Å². The molecule has 3 rings (SSSR count). The quantitative estimate of drug-likeness (QED) is 0.470. The highest BCUT2D eigenvalue weighted by atomic mass is 79.9. The van der Waals surface area contributed by atoms with Gasteiger partial charge in [0, 0.05) is 23.6 Å². The lowest BCUT2D eigenvalue weighted by Crippen LogP contribution is -2.43. The summed E-state index contributed by atoms with van der Waals surface area (Å²) in [6.45, 7) is 4.57. The van der Waals surface area contributed by atoms with Gasteiger partial charge in [-0.3, -0.25) is 9.10 Å². The fraction of sp³-hybridized carbons (Fsp3) is 0.458. The molecule has 2 aromatic rings. The van der Waals surface area contributed by atoms with E-state index < -0.39 is 10.0 Å². The summed E-state index contributed by atoms with van der Waals surface area (Å²) in [6.07, 6.45) is 5.80. The van der Waals surface area contributed by atoms with Gasteiger partial charge in [-0.05, 0) is 62.6 Å². The first-order valence-electron chi connectivity index (χ1n) is 11.3. The Morgan fingerprint density at radius 1 is 1.16 bits per heavy atom. The highest BCUT2D eigenvalue weighted by molar-refractivity contribution is 9.10. The van der Waals surface area contributed by atoms with Crippen molar-refractivity contribution >= 4 is 37.5 Å². The van der Waals surface area contributed by atoms with E-state index in [2.05, 4.69) is 33.1 Å². The third-order valence-electron chi connectivity index (χ3n) is 5.88. The van der Waals surface area contributed by atoms with E-state index in [9.17, 15) is 13.2 Å². The summed E-state index contributed by atoms with van der Waals surface area (Å²) in [5, 5.41) is 2.91. The van der Waals surface area contributed by atoms with E-state index in [1.807, 2.05) is 6.07 Å². The SMILES string of the molecule is CCC1CCCCN1CCCNC(=O)CN(c1cccc(Br)c1)S(=O)(=O)c1ccccc1. The summed E-state index contributed by atoms with van der Waals surface area (Å²) >= 11 is 3.39. The number of nitrogens with zero attached hydrogens (tertiary/aromatic N) is 2. The molecule has 1 fully saturated rings. The van der Waals surface area contributed by atoms with Crippen LogP contribution in [0, 0.1) is 0 Å². The molecule has 1 N–H and O–H groups in total. The summed E-state index contributed by atoms with van der Waals surface area (Å²) in [6, 6.07) is 15.8. The number of hydrogen-bond acceptors (Lipinski definition) is 4. The fourth-order valence-electron chi connectivity index (χ4n) is 4.18. The van der Waals surface area contributed by atoms with Gasteiger partial charge in [0.05, 0.1) is 10.6 Å². The van der Waals surface area contributed by atoms with Gasteiger partial charge in [0.25, 0.3) is 10.0 Å². The Kier molecular flexibility index (Phi) is 9.13. The maximum atomic E-state index is 13.3. The third-order valence-corrected chi connectivity index (χ3v) is 8.16. The number of benzene rings is 2. The number of piperidine rings is 1. The van der Waals surface area contributed by atoms with Crippen LogP contribution in [0.5, 0.6) is 0 Å². The van der Waals surface area contributed by atoms with Gasteiger partial charge in [-0.1, -0.05) is 53.5 Å². The van der Waals surface area contributed by atoms with Crippen LogP contribution in [0.4, 0.5) is 5.69 Å². The average Bonchev–Trinajstić information content (AvgIpc) is 2.81. The number of likely N-dealkylation sites (tertiary alicyclic amines) is 1. The summed E-state index contributed by atoms with van der Waals surface area (Å²) < 4.78 is 28.5. The molecule has 0 aliphatic carbocycles. The van der Waals surface area contributed by atoms with Crippen molar-refractivity contribution in [2.24, 2.45) is 0 Å². The molecule has 1 amide bonds. The number of carbonyl (C=O) groups is 1. The number of anilines is 1. The summed E-state index contributed by atoms with van der Waals surface area (Å²) in [5.74, 6) is -0.310. The van der Waals surface area contributed by atoms with Crippen LogP contribution in [0.15, 0.2) is 64.0 Å². The summed E-state index contributed by atoms with van der Waals surface area (Å²) in [4.78, 5) is 15.4. The lowest BCUT2D eigenvalue weighted by Gasteiger charge is -2.35. The van der Waals surface area contributed by atoms with Gasteiger partial charge in [-0.25, -0.2) is 8.42 Å². The Bertz CT molecular complexity index is 985. The van der Waals surface area contributed by atoms with Crippen LogP contribution in [-0.4, -0.2) is 51.4 Å². The molecule has 1 unspecified atom stereocenters. The predicted octanol–water partition coefficient (Wildman–Crippen LogP) is 4.42. The number of nitrogens with one attached hydrogen (secondary N) is 1. The van der Waals surface area contributed by atoms with Crippen LogP contribution >= 0.6 is 15.9 Å². The molecule has 8 heteroatoms. The molecule has 32 heavy (non-hydrogen) atoms. The lowest BCUT2D eigenvalue weighted by atomic mass is 10.00. The van der Waals surface area contributed by atoms with Crippen LogP contribution in [0.25, 0.3) is 0 Å². The molecule has 1 saturated heterocycles. The minimum Gasteiger partial charge on any atom is -0.354 e. The molecule has 6 nitrogen and oxygen atoms in total. The molecule has 2 aromatic carbocycles. The molecular weight excluding hydrogens is 490 g/mol. The standard InChI is InChI=1S/C24H32BrN3O3S/c1-2-21-11-6-7-16-27(21)17-9-15-26-24(29)19-28(22-12-8-10-20(25)18-22)32(30,31)23-13-4-3-5-14-23/h3-5,8,10,12-14,18,21H,2,6-7,9,11,15-17,19H2,1H3,(H,26,29). The Morgan fingerprint density at radius 2 is 1.94 bits per heavy atom. The maximum absolute atomic E-state index is 13.3. The monoisotopic (exact) mass is 521 g/mol. The van der Waals surface area contributed by atoms with Gasteiger partial charge < -0.3 is 10.2 Å². The number of carbonyl (C=O) groups excluding carboxylic acids is 1. The maximum Gasteiger partial charge on any atom is 0.264 e. The zero-order chi connectivity index (χ0) is 23.0. The smallest absolute Gasteiger partial charge is 0.264 e. The van der Waals surface area contributed by atoms with Crippen LogP contribution in [0.2, 0.25) is 0 Å². The molecule has 0 spiro atoms. The molecule has 0 aromatic heterocycles. The number of halogens is 1. The lowest BCUT2D eigenvalue weighted by molar-refractivity contribution is -0.119. The molecule has 0 bridgehead atoms. The predicted molar refractivity (Wildman–Crippen MR) is 132 cm³/mol. The van der Waals surface area contributed by atoms with Gasteiger partial charge in [0.15, 0.2) is 0 Å². The first-order valence-corrected chi connectivity index (χ1v) is 13.5. The van der Waals surface area contributed by atoms with Crippen LogP contribution in [0.3, 0.4) is 0 Å². The van der Waals surface area contributed by atoms with E-state index in [0.29, 0.717) is 18.3 Å². The fourth-order valence-corrected chi connectivity index (χ4v) is 6.00. The van der Waals surface area contributed by atoms with E-state index in [-0.39, 0.29) is 17.3 Å². The molecule has 174 valence electrons. The second-order valence-corrected chi connectivity index (χ2v) is 10.9. The highest BCUT2D eigenvalue weighted by Crippen LogP contribution is 2.26. The number of rotatable bonds is 10. The zero-order valence-electron chi connectivity index (χ0n) is 18.5. The van der Waals surface area contributed by atoms with Gasteiger partial charge >= 0.3 is 0 Å². The Balaban J connectivity index is 1.64. The van der Waals surface area contributed by atoms with E-state index in [1.54, 1.807) is 48.5 Å². The minimum atomic E-state index is -3.88. The van der Waals surface area contributed by atoms with Crippen molar-refractivity contribution in [2.75, 3.05) is 30.5 Å². The second kappa shape index (κ2) is 11.8. The van der Waals surface area contributed by atoms with Crippen molar-refractivity contribution < 1.29 is 13.2 Å². The Morgan fingerprint density at radius 3 is 2.66 bits per heavy atom. The topological polar surface area (TPSA) is 69.7 Å². The Hall–Kier alpha value is -1.90. The highest BCUT2D eigenvalue weighted by Gasteiger charge is 2.27. The van der Waals surface area contributed by atoms with E-state index >= 15 is 0 Å². The average molecular weight is 523 g/mol. The second-order valence-electron chi connectivity index (χ2n) is 8.10. The van der Waals surface area contributed by atoms with Gasteiger partial charge in [0.1, 0.15) is 6.54 Å². The molecule has 1 atom stereocenters. The van der Waals surface area contributed by atoms with Crippen molar-refractivity contribution in [2.45, 2.75) is 50.0 Å².